The minimum Gasteiger partial charge on any atom is -0.504 e. The Morgan fingerprint density at radius 2 is 2.08 bits per heavy atom. The number of aliphatic hydroxyl groups is 1. The van der Waals surface area contributed by atoms with Crippen molar-refractivity contribution in [1.82, 2.24) is 0 Å². The Bertz CT molecular complexity index is 716. The van der Waals surface area contributed by atoms with Gasteiger partial charge in [-0.15, -0.1) is 0 Å². The first-order valence-corrected chi connectivity index (χ1v) is 9.38. The van der Waals surface area contributed by atoms with Gasteiger partial charge in [-0.3, -0.25) is 0 Å². The minimum atomic E-state index is -0.229. The van der Waals surface area contributed by atoms with Crippen LogP contribution < -0.4 is 4.74 Å². The summed E-state index contributed by atoms with van der Waals surface area (Å²) < 4.78 is 5.58. The highest BCUT2D eigenvalue weighted by Gasteiger charge is 2.55. The molecule has 5 atom stereocenters. The number of hydrogen-bond acceptors (Lipinski definition) is 5. The molecule has 3 N–H and O–H groups in total. The molecule has 3 aliphatic carbocycles. The first-order valence-electron chi connectivity index (χ1n) is 9.38. The van der Waals surface area contributed by atoms with Gasteiger partial charge in [0.05, 0.1) is 18.4 Å². The Labute approximate surface area is 148 Å². The fourth-order valence-electron chi connectivity index (χ4n) is 5.77. The molecule has 136 valence electrons. The van der Waals surface area contributed by atoms with E-state index in [0.717, 1.165) is 36.8 Å². The molecule has 0 heterocycles. The van der Waals surface area contributed by atoms with Crippen LogP contribution in [0.2, 0.25) is 0 Å². The molecule has 0 unspecified atom stereocenters. The highest BCUT2D eigenvalue weighted by molar-refractivity contribution is 6.03. The van der Waals surface area contributed by atoms with E-state index in [1.54, 1.807) is 6.07 Å². The molecule has 0 spiro atoms. The molecule has 1 aromatic carbocycles. The fourth-order valence-corrected chi connectivity index (χ4v) is 5.77. The van der Waals surface area contributed by atoms with Crippen molar-refractivity contribution >= 4 is 5.71 Å². The SMILES string of the molecule is CCOc1cc2c(cc1O)/C(=N\O)C[C@@H]1[C@@H]2CC[C@]2(C)[C@@H](O)CC[C@@H]12. The molecule has 0 radical (unpaired) electrons. The van der Waals surface area contributed by atoms with Gasteiger partial charge in [-0.2, -0.15) is 0 Å². The zero-order valence-corrected chi connectivity index (χ0v) is 14.9. The number of nitrogens with zero attached hydrogens (tertiary/aromatic N) is 1. The van der Waals surface area contributed by atoms with Crippen LogP contribution in [0.4, 0.5) is 0 Å². The quantitative estimate of drug-likeness (QED) is 0.564. The summed E-state index contributed by atoms with van der Waals surface area (Å²) >= 11 is 0. The van der Waals surface area contributed by atoms with E-state index in [-0.39, 0.29) is 17.3 Å². The lowest BCUT2D eigenvalue weighted by molar-refractivity contribution is -0.0178. The van der Waals surface area contributed by atoms with Crippen LogP contribution in [0.15, 0.2) is 17.3 Å². The van der Waals surface area contributed by atoms with E-state index in [9.17, 15) is 15.4 Å². The zero-order valence-electron chi connectivity index (χ0n) is 14.9. The second-order valence-corrected chi connectivity index (χ2v) is 8.11. The number of aliphatic hydroxyl groups excluding tert-OH is 1. The lowest BCUT2D eigenvalue weighted by atomic mass is 9.55. The number of fused-ring (bicyclic) bond motifs is 5. The highest BCUT2D eigenvalue weighted by Crippen LogP contribution is 2.61. The number of hydrogen-bond donors (Lipinski definition) is 3. The molecule has 1 aromatic rings. The third kappa shape index (κ3) is 2.35. The number of benzene rings is 1. The molecule has 2 fully saturated rings. The van der Waals surface area contributed by atoms with Crippen LogP contribution >= 0.6 is 0 Å². The second kappa shape index (κ2) is 5.90. The highest BCUT2D eigenvalue weighted by atomic mass is 16.5. The van der Waals surface area contributed by atoms with Crippen LogP contribution in [0.5, 0.6) is 11.5 Å². The van der Waals surface area contributed by atoms with Crippen LogP contribution in [0.25, 0.3) is 0 Å². The number of phenols is 1. The standard InChI is InChI=1S/C20H27NO4/c1-3-25-18-10-12-11-6-7-20(2)15(4-5-19(20)23)13(11)8-16(21-24)14(12)9-17(18)22/h9-11,13,15,19,22-24H,3-8H2,1-2H3/b21-16-/t11-,13-,15+,19+,20+/m1/s1. The fraction of sp³-hybridized carbons (Fsp3) is 0.650. The maximum atomic E-state index is 10.5. The predicted molar refractivity (Wildman–Crippen MR) is 94.5 cm³/mol. The van der Waals surface area contributed by atoms with Gasteiger partial charge in [0.1, 0.15) is 0 Å². The maximum absolute atomic E-state index is 10.5. The topological polar surface area (TPSA) is 82.3 Å². The summed E-state index contributed by atoms with van der Waals surface area (Å²) in [5.74, 6) is 1.77. The largest absolute Gasteiger partial charge is 0.504 e. The smallest absolute Gasteiger partial charge is 0.161 e. The van der Waals surface area contributed by atoms with Crippen LogP contribution in [-0.2, 0) is 0 Å². The van der Waals surface area contributed by atoms with E-state index >= 15 is 0 Å². The summed E-state index contributed by atoms with van der Waals surface area (Å²) in [4.78, 5) is 0. The third-order valence-electron chi connectivity index (χ3n) is 7.08. The summed E-state index contributed by atoms with van der Waals surface area (Å²) in [5, 5.41) is 33.9. The Morgan fingerprint density at radius 1 is 1.28 bits per heavy atom. The van der Waals surface area contributed by atoms with E-state index in [4.69, 9.17) is 4.74 Å². The number of phenolic OH excluding ortho intramolecular Hbond substituents is 1. The Balaban J connectivity index is 1.79. The first kappa shape index (κ1) is 16.7. The maximum Gasteiger partial charge on any atom is 0.161 e. The molecule has 5 nitrogen and oxygen atoms in total. The lowest BCUT2D eigenvalue weighted by Crippen LogP contribution is -2.45. The average molecular weight is 345 g/mol. The van der Waals surface area contributed by atoms with Gasteiger partial charge in [0.2, 0.25) is 0 Å². The molecule has 0 bridgehead atoms. The molecular formula is C20H27NO4. The van der Waals surface area contributed by atoms with Crippen LogP contribution in [0.3, 0.4) is 0 Å². The molecule has 2 saturated carbocycles. The second-order valence-electron chi connectivity index (χ2n) is 8.11. The van der Waals surface area contributed by atoms with Gasteiger partial charge in [-0.05, 0) is 79.9 Å². The van der Waals surface area contributed by atoms with Crippen molar-refractivity contribution in [3.8, 4) is 11.5 Å². The molecule has 0 aromatic heterocycles. The molecule has 4 rings (SSSR count). The molecule has 0 amide bonds. The molecular weight excluding hydrogens is 318 g/mol. The summed E-state index contributed by atoms with van der Waals surface area (Å²) in [5.41, 5.74) is 2.57. The van der Waals surface area contributed by atoms with Crippen molar-refractivity contribution in [2.45, 2.75) is 58.0 Å². The lowest BCUT2D eigenvalue weighted by Gasteiger charge is -2.50. The summed E-state index contributed by atoms with van der Waals surface area (Å²) in [6.45, 7) is 4.61. The van der Waals surface area contributed by atoms with Crippen molar-refractivity contribution in [2.75, 3.05) is 6.61 Å². The zero-order chi connectivity index (χ0) is 17.8. The van der Waals surface area contributed by atoms with E-state index < -0.39 is 0 Å². The van der Waals surface area contributed by atoms with Gasteiger partial charge >= 0.3 is 0 Å². The predicted octanol–water partition coefficient (Wildman–Crippen LogP) is 3.64. The molecule has 3 aliphatic rings. The van der Waals surface area contributed by atoms with Crippen molar-refractivity contribution in [2.24, 2.45) is 22.4 Å². The summed E-state index contributed by atoms with van der Waals surface area (Å²) in [6.07, 6.45) is 4.39. The van der Waals surface area contributed by atoms with E-state index in [0.29, 0.717) is 42.2 Å². The van der Waals surface area contributed by atoms with Gasteiger partial charge in [0.15, 0.2) is 11.5 Å². The van der Waals surface area contributed by atoms with Gasteiger partial charge in [-0.25, -0.2) is 0 Å². The molecule has 0 aliphatic heterocycles. The van der Waals surface area contributed by atoms with Crippen molar-refractivity contribution in [3.63, 3.8) is 0 Å². The van der Waals surface area contributed by atoms with Crippen LogP contribution in [0.1, 0.15) is 63.0 Å². The monoisotopic (exact) mass is 345 g/mol. The van der Waals surface area contributed by atoms with Crippen molar-refractivity contribution in [3.05, 3.63) is 23.3 Å². The van der Waals surface area contributed by atoms with Gasteiger partial charge in [0, 0.05) is 5.56 Å². The molecule has 5 heteroatoms. The minimum absolute atomic E-state index is 0.0289. The number of aromatic hydroxyl groups is 1. The first-order chi connectivity index (χ1) is 12.0. The summed E-state index contributed by atoms with van der Waals surface area (Å²) in [6, 6.07) is 3.62. The molecule has 0 saturated heterocycles. The normalized spacial score (nSPS) is 38.1. The molecule has 25 heavy (non-hydrogen) atoms. The van der Waals surface area contributed by atoms with E-state index in [1.165, 1.54) is 0 Å². The Kier molecular flexibility index (Phi) is 3.95. The number of oxime groups is 1. The van der Waals surface area contributed by atoms with Gasteiger partial charge in [0.25, 0.3) is 0 Å². The van der Waals surface area contributed by atoms with Crippen LogP contribution in [0, 0.1) is 17.3 Å². The number of ether oxygens (including phenoxy) is 1. The Morgan fingerprint density at radius 3 is 2.80 bits per heavy atom. The van der Waals surface area contributed by atoms with Crippen molar-refractivity contribution < 1.29 is 20.2 Å². The average Bonchev–Trinajstić information content (AvgIpc) is 2.90. The van der Waals surface area contributed by atoms with Gasteiger partial charge in [-0.1, -0.05) is 12.1 Å². The van der Waals surface area contributed by atoms with Gasteiger partial charge < -0.3 is 20.2 Å². The van der Waals surface area contributed by atoms with E-state index in [1.807, 2.05) is 13.0 Å². The third-order valence-corrected chi connectivity index (χ3v) is 7.08. The van der Waals surface area contributed by atoms with Crippen molar-refractivity contribution in [1.29, 1.82) is 0 Å². The van der Waals surface area contributed by atoms with Crippen LogP contribution in [-0.4, -0.2) is 33.8 Å². The number of rotatable bonds is 2. The summed E-state index contributed by atoms with van der Waals surface area (Å²) in [7, 11) is 0. The Hall–Kier alpha value is -1.75. The van der Waals surface area contributed by atoms with E-state index in [2.05, 4.69) is 12.1 Å².